The van der Waals surface area contributed by atoms with E-state index in [1.165, 1.54) is 11.1 Å². The minimum Gasteiger partial charge on any atom is -0.310 e. The first-order valence-electron chi connectivity index (χ1n) is 8.20. The number of benzene rings is 2. The van der Waals surface area contributed by atoms with Gasteiger partial charge in [0.05, 0.1) is 16.9 Å². The van der Waals surface area contributed by atoms with Crippen molar-refractivity contribution in [1.29, 1.82) is 0 Å². The fourth-order valence-electron chi connectivity index (χ4n) is 2.55. The highest BCUT2D eigenvalue weighted by Gasteiger charge is 2.09. The number of aryl methyl sites for hydroxylation is 3. The molecule has 0 aliphatic carbocycles. The number of hydrogen-bond acceptors (Lipinski definition) is 3. The van der Waals surface area contributed by atoms with E-state index in [2.05, 4.69) is 39.4 Å². The fourth-order valence-corrected chi connectivity index (χ4v) is 2.77. The minimum absolute atomic E-state index is 0.251. The van der Waals surface area contributed by atoms with E-state index in [4.69, 9.17) is 18.0 Å². The van der Waals surface area contributed by atoms with Gasteiger partial charge in [0.2, 0.25) is 0 Å². The molecule has 0 atom stereocenters. The Kier molecular flexibility index (Phi) is 5.09. The molecule has 132 valence electrons. The number of hydrogen-bond donors (Lipinski definition) is 4. The van der Waals surface area contributed by atoms with Gasteiger partial charge < -0.3 is 5.73 Å². The molecule has 0 fully saturated rings. The Morgan fingerprint density at radius 1 is 1.00 bits per heavy atom. The number of nitrogens with two attached hydrogens (primary N) is 1. The van der Waals surface area contributed by atoms with E-state index in [9.17, 15) is 0 Å². The molecule has 2 aromatic carbocycles. The summed E-state index contributed by atoms with van der Waals surface area (Å²) in [7, 11) is 0. The molecular formula is C19H21N6S+. The van der Waals surface area contributed by atoms with Gasteiger partial charge in [-0.25, -0.2) is 20.3 Å². The Labute approximate surface area is 157 Å². The Morgan fingerprint density at radius 3 is 2.54 bits per heavy atom. The molecule has 5 N–H and O–H groups in total. The largest absolute Gasteiger partial charge is 0.312 e. The second-order valence-electron chi connectivity index (χ2n) is 6.07. The van der Waals surface area contributed by atoms with Crippen LogP contribution in [0.4, 0.5) is 11.6 Å². The van der Waals surface area contributed by atoms with Crippen LogP contribution in [0.2, 0.25) is 0 Å². The molecule has 0 amide bonds. The van der Waals surface area contributed by atoms with Crippen molar-refractivity contribution in [3.8, 4) is 0 Å². The number of guanidine groups is 1. The van der Waals surface area contributed by atoms with Crippen molar-refractivity contribution in [3.63, 3.8) is 0 Å². The summed E-state index contributed by atoms with van der Waals surface area (Å²) in [5.74, 6) is 0.668. The van der Waals surface area contributed by atoms with Gasteiger partial charge in [0, 0.05) is 5.39 Å². The van der Waals surface area contributed by atoms with Gasteiger partial charge in [-0.15, -0.1) is 0 Å². The van der Waals surface area contributed by atoms with Crippen molar-refractivity contribution in [3.05, 3.63) is 59.3 Å². The van der Waals surface area contributed by atoms with E-state index < -0.39 is 0 Å². The number of nitrogens with zero attached hydrogens (tertiary/aromatic N) is 2. The minimum atomic E-state index is 0.251. The molecule has 0 radical (unpaired) electrons. The lowest BCUT2D eigenvalue weighted by Crippen LogP contribution is -2.82. The number of rotatable bonds is 2. The molecule has 0 bridgehead atoms. The molecule has 0 saturated heterocycles. The highest BCUT2D eigenvalue weighted by molar-refractivity contribution is 7.80. The zero-order chi connectivity index (χ0) is 18.7. The van der Waals surface area contributed by atoms with Crippen LogP contribution >= 0.6 is 12.2 Å². The van der Waals surface area contributed by atoms with Gasteiger partial charge in [-0.2, -0.15) is 0 Å². The molecule has 0 aliphatic rings. The quantitative estimate of drug-likeness (QED) is 0.314. The molecule has 3 rings (SSSR count). The highest BCUT2D eigenvalue weighted by atomic mass is 32.1. The molecule has 1 heterocycles. The standard InChI is InChI=1S/C19H20N6S/c1-11-8-9-14(10-12(11)2)22-19(26)25-17(20)24-18-21-13(3)15-6-4-5-7-16(15)23-18/h4-10H,1-3H3,(H4,20,21,22,23,24,25,26)/p+1. The molecule has 0 aliphatic heterocycles. The number of anilines is 2. The maximum atomic E-state index is 6.00. The summed E-state index contributed by atoms with van der Waals surface area (Å²) in [6.45, 7) is 6.06. The first kappa shape index (κ1) is 17.8. The van der Waals surface area contributed by atoms with Crippen LogP contribution in [0.15, 0.2) is 42.5 Å². The summed E-state index contributed by atoms with van der Waals surface area (Å²) >= 11 is 5.30. The first-order valence-corrected chi connectivity index (χ1v) is 8.61. The van der Waals surface area contributed by atoms with E-state index >= 15 is 0 Å². The predicted octanol–water partition coefficient (Wildman–Crippen LogP) is 1.76. The van der Waals surface area contributed by atoms with Crippen molar-refractivity contribution in [1.82, 2.24) is 9.97 Å². The van der Waals surface area contributed by atoms with Crippen molar-refractivity contribution in [2.24, 2.45) is 5.73 Å². The summed E-state index contributed by atoms with van der Waals surface area (Å²) in [6, 6.07) is 13.9. The number of para-hydroxylation sites is 1. The second kappa shape index (κ2) is 7.45. The van der Waals surface area contributed by atoms with Crippen molar-refractivity contribution < 1.29 is 4.99 Å². The van der Waals surface area contributed by atoms with E-state index in [1.54, 1.807) is 0 Å². The lowest BCUT2D eigenvalue weighted by Gasteiger charge is -2.06. The van der Waals surface area contributed by atoms with Gasteiger partial charge in [-0.1, -0.05) is 24.3 Å². The molecule has 0 unspecified atom stereocenters. The smallest absolute Gasteiger partial charge is 0.310 e. The molecule has 0 saturated carbocycles. The number of aromatic nitrogens is 2. The van der Waals surface area contributed by atoms with E-state index in [1.807, 2.05) is 49.4 Å². The average molecular weight is 365 g/mol. The zero-order valence-corrected chi connectivity index (χ0v) is 15.7. The summed E-state index contributed by atoms with van der Waals surface area (Å²) in [6.07, 6.45) is 0. The van der Waals surface area contributed by atoms with Crippen LogP contribution in [0.1, 0.15) is 16.8 Å². The average Bonchev–Trinajstić information content (AvgIpc) is 2.58. The van der Waals surface area contributed by atoms with Gasteiger partial charge in [-0.05, 0) is 62.3 Å². The van der Waals surface area contributed by atoms with Gasteiger partial charge in [0.15, 0.2) is 0 Å². The molecule has 1 aromatic heterocycles. The Bertz CT molecular complexity index is 1010. The first-order chi connectivity index (χ1) is 12.4. The Morgan fingerprint density at radius 2 is 1.77 bits per heavy atom. The SMILES string of the molecule is Cc1ccc(NC(=S)[NH+]=C(N)Nc2nc(C)c3ccccc3n2)cc1C. The van der Waals surface area contributed by atoms with Crippen LogP contribution in [-0.2, 0) is 0 Å². The molecule has 6 nitrogen and oxygen atoms in total. The van der Waals surface area contributed by atoms with Crippen molar-refractivity contribution in [2.45, 2.75) is 20.8 Å². The van der Waals surface area contributed by atoms with Gasteiger partial charge in [0.1, 0.15) is 0 Å². The third-order valence-electron chi connectivity index (χ3n) is 4.05. The van der Waals surface area contributed by atoms with Crippen LogP contribution in [-0.4, -0.2) is 21.0 Å². The molecule has 0 spiro atoms. The Balaban J connectivity index is 1.73. The summed E-state index contributed by atoms with van der Waals surface area (Å²) in [5.41, 5.74) is 11.0. The number of fused-ring (bicyclic) bond motifs is 1. The van der Waals surface area contributed by atoms with Crippen LogP contribution in [0.25, 0.3) is 10.9 Å². The van der Waals surface area contributed by atoms with Crippen LogP contribution < -0.4 is 21.4 Å². The molecule has 26 heavy (non-hydrogen) atoms. The third-order valence-corrected chi connectivity index (χ3v) is 4.26. The predicted molar refractivity (Wildman–Crippen MR) is 110 cm³/mol. The monoisotopic (exact) mass is 365 g/mol. The normalized spacial score (nSPS) is 11.4. The van der Waals surface area contributed by atoms with Crippen molar-refractivity contribution >= 4 is 45.8 Å². The van der Waals surface area contributed by atoms with Crippen LogP contribution in [0, 0.1) is 20.8 Å². The molecular weight excluding hydrogens is 344 g/mol. The number of nitrogens with one attached hydrogen (secondary N) is 3. The van der Waals surface area contributed by atoms with Crippen LogP contribution in [0.3, 0.4) is 0 Å². The van der Waals surface area contributed by atoms with E-state index in [0.29, 0.717) is 11.1 Å². The lowest BCUT2D eigenvalue weighted by molar-refractivity contribution is -0.311. The highest BCUT2D eigenvalue weighted by Crippen LogP contribution is 2.16. The van der Waals surface area contributed by atoms with Gasteiger partial charge >= 0.3 is 5.96 Å². The maximum Gasteiger partial charge on any atom is 0.312 e. The van der Waals surface area contributed by atoms with E-state index in [0.717, 1.165) is 22.3 Å². The van der Waals surface area contributed by atoms with Gasteiger partial charge in [-0.3, -0.25) is 5.32 Å². The number of thiocarbonyl (C=S) groups is 1. The third kappa shape index (κ3) is 4.12. The topological polar surface area (TPSA) is 89.8 Å². The summed E-state index contributed by atoms with van der Waals surface area (Å²) in [4.78, 5) is 11.8. The second-order valence-corrected chi connectivity index (χ2v) is 6.47. The van der Waals surface area contributed by atoms with Crippen LogP contribution in [0.5, 0.6) is 0 Å². The fraction of sp³-hybridized carbons (Fsp3) is 0.158. The summed E-state index contributed by atoms with van der Waals surface area (Å²) in [5, 5.41) is 7.45. The van der Waals surface area contributed by atoms with Crippen molar-refractivity contribution in [2.75, 3.05) is 10.6 Å². The summed E-state index contributed by atoms with van der Waals surface area (Å²) < 4.78 is 0. The van der Waals surface area contributed by atoms with E-state index in [-0.39, 0.29) is 5.96 Å². The maximum absolute atomic E-state index is 6.00. The Hall–Kier alpha value is -3.06. The molecule has 3 aromatic rings. The van der Waals surface area contributed by atoms with Gasteiger partial charge in [0.25, 0.3) is 11.1 Å². The lowest BCUT2D eigenvalue weighted by atomic mass is 10.1. The molecule has 7 heteroatoms. The zero-order valence-electron chi connectivity index (χ0n) is 14.9.